The summed E-state index contributed by atoms with van der Waals surface area (Å²) in [5.74, 6) is 1.54. The predicted molar refractivity (Wildman–Crippen MR) is 81.7 cm³/mol. The number of hydrogen-bond acceptors (Lipinski definition) is 1. The summed E-state index contributed by atoms with van der Waals surface area (Å²) in [5, 5.41) is 3.48. The fourth-order valence-corrected chi connectivity index (χ4v) is 3.99. The van der Waals surface area contributed by atoms with Gasteiger partial charge in [0.15, 0.2) is 0 Å². The Morgan fingerprint density at radius 2 is 1.89 bits per heavy atom. The van der Waals surface area contributed by atoms with Crippen LogP contribution in [0.2, 0.25) is 0 Å². The van der Waals surface area contributed by atoms with E-state index in [4.69, 9.17) is 0 Å². The molecule has 1 saturated heterocycles. The fourth-order valence-electron chi connectivity index (χ4n) is 3.99. The molecule has 1 aromatic rings. The molecule has 0 bridgehead atoms. The van der Waals surface area contributed by atoms with Gasteiger partial charge in [-0.25, -0.2) is 0 Å². The molecule has 0 aromatic heterocycles. The Balaban J connectivity index is 1.78. The Bertz CT molecular complexity index is 429. The number of rotatable bonds is 2. The zero-order chi connectivity index (χ0) is 13.3. The highest BCUT2D eigenvalue weighted by molar-refractivity contribution is 5.30. The summed E-state index contributed by atoms with van der Waals surface area (Å²) in [7, 11) is 0. The molecule has 1 nitrogen and oxygen atoms in total. The molecule has 1 heterocycles. The van der Waals surface area contributed by atoms with E-state index in [0.29, 0.717) is 5.41 Å². The van der Waals surface area contributed by atoms with Crippen LogP contribution in [-0.4, -0.2) is 13.1 Å². The maximum Gasteiger partial charge on any atom is 0.00206 e. The fraction of sp³-hybridized carbons (Fsp3) is 0.667. The van der Waals surface area contributed by atoms with Crippen LogP contribution in [0, 0.1) is 5.41 Å². The Morgan fingerprint density at radius 1 is 1.11 bits per heavy atom. The highest BCUT2D eigenvalue weighted by Crippen LogP contribution is 2.43. The minimum atomic E-state index is 0.536. The molecule has 1 heteroatoms. The molecule has 19 heavy (non-hydrogen) atoms. The van der Waals surface area contributed by atoms with E-state index >= 15 is 0 Å². The molecule has 1 N–H and O–H groups in total. The molecule has 2 atom stereocenters. The van der Waals surface area contributed by atoms with Crippen molar-refractivity contribution in [1.29, 1.82) is 0 Å². The average molecular weight is 257 g/mol. The SMILES string of the molecule is CC1(C)CCCC(c2cccc(C3CCNC3)c2)C1. The lowest BCUT2D eigenvalue weighted by Crippen LogP contribution is -2.21. The molecule has 1 saturated carbocycles. The highest BCUT2D eigenvalue weighted by Gasteiger charge is 2.29. The minimum Gasteiger partial charge on any atom is -0.316 e. The highest BCUT2D eigenvalue weighted by atomic mass is 14.9. The topological polar surface area (TPSA) is 12.0 Å². The third-order valence-corrected chi connectivity index (χ3v) is 5.12. The van der Waals surface area contributed by atoms with Crippen molar-refractivity contribution in [2.45, 2.75) is 57.8 Å². The molecule has 104 valence electrons. The predicted octanol–water partition coefficient (Wildman–Crippen LogP) is 4.45. The Kier molecular flexibility index (Phi) is 3.66. The molecule has 0 amide bonds. The molecule has 1 aliphatic heterocycles. The van der Waals surface area contributed by atoms with Gasteiger partial charge in [0.2, 0.25) is 0 Å². The third-order valence-electron chi connectivity index (χ3n) is 5.12. The van der Waals surface area contributed by atoms with Crippen LogP contribution in [-0.2, 0) is 0 Å². The van der Waals surface area contributed by atoms with Crippen LogP contribution in [0.1, 0.15) is 68.9 Å². The van der Waals surface area contributed by atoms with Crippen LogP contribution in [0.5, 0.6) is 0 Å². The van der Waals surface area contributed by atoms with Crippen molar-refractivity contribution in [3.05, 3.63) is 35.4 Å². The summed E-state index contributed by atoms with van der Waals surface area (Å²) in [6.07, 6.45) is 6.84. The second kappa shape index (κ2) is 5.28. The van der Waals surface area contributed by atoms with E-state index in [1.807, 2.05) is 0 Å². The zero-order valence-corrected chi connectivity index (χ0v) is 12.4. The summed E-state index contributed by atoms with van der Waals surface area (Å²) >= 11 is 0. The summed E-state index contributed by atoms with van der Waals surface area (Å²) in [6.45, 7) is 7.22. The molecule has 0 spiro atoms. The lowest BCUT2D eigenvalue weighted by molar-refractivity contribution is 0.219. The lowest BCUT2D eigenvalue weighted by atomic mass is 9.70. The maximum absolute atomic E-state index is 3.48. The first-order valence-corrected chi connectivity index (χ1v) is 7.95. The zero-order valence-electron chi connectivity index (χ0n) is 12.4. The number of nitrogens with one attached hydrogen (secondary N) is 1. The van der Waals surface area contributed by atoms with Gasteiger partial charge >= 0.3 is 0 Å². The van der Waals surface area contributed by atoms with Crippen LogP contribution in [0.4, 0.5) is 0 Å². The molecular weight excluding hydrogens is 230 g/mol. The lowest BCUT2D eigenvalue weighted by Gasteiger charge is -2.35. The standard InChI is InChI=1S/C18H27N/c1-18(2)9-4-7-16(12-18)14-5-3-6-15(11-14)17-8-10-19-13-17/h3,5-6,11,16-17,19H,4,7-10,12-13H2,1-2H3. The van der Waals surface area contributed by atoms with Crippen molar-refractivity contribution < 1.29 is 0 Å². The van der Waals surface area contributed by atoms with Gasteiger partial charge in [-0.1, -0.05) is 44.5 Å². The molecule has 1 aromatic carbocycles. The Hall–Kier alpha value is -0.820. The molecule has 2 fully saturated rings. The molecule has 3 rings (SSSR count). The monoisotopic (exact) mass is 257 g/mol. The molecule has 1 aliphatic carbocycles. The van der Waals surface area contributed by atoms with Gasteiger partial charge in [0.1, 0.15) is 0 Å². The van der Waals surface area contributed by atoms with Crippen molar-refractivity contribution in [3.63, 3.8) is 0 Å². The first-order chi connectivity index (χ1) is 9.14. The van der Waals surface area contributed by atoms with Gasteiger partial charge in [0.05, 0.1) is 0 Å². The second-order valence-corrected chi connectivity index (χ2v) is 7.32. The molecule has 2 unspecified atom stereocenters. The van der Waals surface area contributed by atoms with Crippen LogP contribution >= 0.6 is 0 Å². The van der Waals surface area contributed by atoms with E-state index in [9.17, 15) is 0 Å². The summed E-state index contributed by atoms with van der Waals surface area (Å²) in [5.41, 5.74) is 3.69. The minimum absolute atomic E-state index is 0.536. The van der Waals surface area contributed by atoms with Gasteiger partial charge in [-0.15, -0.1) is 0 Å². The van der Waals surface area contributed by atoms with Crippen LogP contribution < -0.4 is 5.32 Å². The van der Waals surface area contributed by atoms with E-state index in [0.717, 1.165) is 11.8 Å². The van der Waals surface area contributed by atoms with Crippen LogP contribution in [0.15, 0.2) is 24.3 Å². The van der Waals surface area contributed by atoms with E-state index < -0.39 is 0 Å². The van der Waals surface area contributed by atoms with Gasteiger partial charge in [0, 0.05) is 6.54 Å². The van der Waals surface area contributed by atoms with Crippen molar-refractivity contribution >= 4 is 0 Å². The summed E-state index contributed by atoms with van der Waals surface area (Å²) in [4.78, 5) is 0. The second-order valence-electron chi connectivity index (χ2n) is 7.32. The average Bonchev–Trinajstić information content (AvgIpc) is 2.92. The quantitative estimate of drug-likeness (QED) is 0.825. The molecule has 2 aliphatic rings. The van der Waals surface area contributed by atoms with Gasteiger partial charge in [0.25, 0.3) is 0 Å². The van der Waals surface area contributed by atoms with Gasteiger partial charge < -0.3 is 5.32 Å². The smallest absolute Gasteiger partial charge is 0.00206 e. The van der Waals surface area contributed by atoms with E-state index in [1.54, 1.807) is 11.1 Å². The van der Waals surface area contributed by atoms with Gasteiger partial charge in [-0.3, -0.25) is 0 Å². The largest absolute Gasteiger partial charge is 0.316 e. The van der Waals surface area contributed by atoms with Crippen molar-refractivity contribution in [3.8, 4) is 0 Å². The van der Waals surface area contributed by atoms with Crippen LogP contribution in [0.3, 0.4) is 0 Å². The van der Waals surface area contributed by atoms with Crippen molar-refractivity contribution in [2.75, 3.05) is 13.1 Å². The van der Waals surface area contributed by atoms with E-state index in [1.165, 1.54) is 45.2 Å². The van der Waals surface area contributed by atoms with Gasteiger partial charge in [-0.2, -0.15) is 0 Å². The number of benzene rings is 1. The molecular formula is C18H27N. The summed E-state index contributed by atoms with van der Waals surface area (Å²) in [6, 6.07) is 9.47. The summed E-state index contributed by atoms with van der Waals surface area (Å²) < 4.78 is 0. The first kappa shape index (κ1) is 13.2. The first-order valence-electron chi connectivity index (χ1n) is 7.95. The van der Waals surface area contributed by atoms with E-state index in [-0.39, 0.29) is 0 Å². The Labute approximate surface area is 117 Å². The third kappa shape index (κ3) is 3.02. The Morgan fingerprint density at radius 3 is 2.58 bits per heavy atom. The normalized spacial score (nSPS) is 30.4. The maximum atomic E-state index is 3.48. The van der Waals surface area contributed by atoms with Crippen molar-refractivity contribution in [1.82, 2.24) is 5.32 Å². The van der Waals surface area contributed by atoms with E-state index in [2.05, 4.69) is 43.4 Å². The van der Waals surface area contributed by atoms with Crippen LogP contribution in [0.25, 0.3) is 0 Å². The molecule has 0 radical (unpaired) electrons. The van der Waals surface area contributed by atoms with Crippen molar-refractivity contribution in [2.24, 2.45) is 5.41 Å². The van der Waals surface area contributed by atoms with Gasteiger partial charge in [-0.05, 0) is 60.6 Å². The number of hydrogen-bond donors (Lipinski definition) is 1.